The van der Waals surface area contributed by atoms with E-state index in [4.69, 9.17) is 28.4 Å². The molecule has 70 heavy (non-hydrogen) atoms. The number of aliphatic hydroxyl groups excluding tert-OH is 7. The second kappa shape index (κ2) is 41.4. The van der Waals surface area contributed by atoms with E-state index in [0.29, 0.717) is 12.8 Å². The predicted octanol–water partition coefficient (Wildman–Crippen LogP) is 7.82. The zero-order valence-electron chi connectivity index (χ0n) is 42.5. The zero-order chi connectivity index (χ0) is 51.0. The fourth-order valence-electron chi connectivity index (χ4n) is 7.83. The molecule has 0 saturated carbocycles. The van der Waals surface area contributed by atoms with Crippen LogP contribution < -0.4 is 0 Å². The average molecular weight is 993 g/mol. The molecule has 0 aliphatic carbocycles. The number of hydrogen-bond donors (Lipinski definition) is 7. The largest absolute Gasteiger partial charge is 0.462 e. The Labute approximate surface area is 419 Å². The highest BCUT2D eigenvalue weighted by Gasteiger charge is 2.47. The molecule has 0 aromatic carbocycles. The number of rotatable bonds is 40. The van der Waals surface area contributed by atoms with Crippen LogP contribution in [0.4, 0.5) is 0 Å². The highest BCUT2D eigenvalue weighted by Crippen LogP contribution is 2.26. The maximum atomic E-state index is 13.0. The van der Waals surface area contributed by atoms with Crippen LogP contribution in [0.5, 0.6) is 0 Å². The van der Waals surface area contributed by atoms with E-state index in [9.17, 15) is 45.3 Å². The molecule has 0 aromatic heterocycles. The second-order valence-corrected chi connectivity index (χ2v) is 18.3. The minimum Gasteiger partial charge on any atom is -0.462 e. The van der Waals surface area contributed by atoms with E-state index in [1.165, 1.54) is 19.3 Å². The standard InChI is InChI=1S/C55H92O15/c1-3-5-7-9-11-13-15-17-18-19-20-21-22-23-24-26-28-30-32-34-36-38-47(58)68-43(40-65-46(57)37-35-33-31-29-27-25-16-14-12-10-8-6-4-2)41-66-54-53(64)51(62)49(60)45(70-54)42-67-55-52(63)50(61)48(59)44(39-56)69-55/h5,7-8,10-11,13-14,16-18,20-21,43-45,48-56,59-64H,3-4,6,9,12,15,19,22-42H2,1-2H3/b7-5-,10-8-,13-11-,16-14-,18-17-,21-20-. The van der Waals surface area contributed by atoms with Crippen LogP contribution in [0.25, 0.3) is 0 Å². The van der Waals surface area contributed by atoms with Gasteiger partial charge < -0.3 is 64.2 Å². The van der Waals surface area contributed by atoms with Gasteiger partial charge in [-0.15, -0.1) is 0 Å². The van der Waals surface area contributed by atoms with Gasteiger partial charge in [0.15, 0.2) is 18.7 Å². The first-order valence-electron chi connectivity index (χ1n) is 26.5. The van der Waals surface area contributed by atoms with E-state index < -0.39 is 99.3 Å². The van der Waals surface area contributed by atoms with Crippen LogP contribution in [0.15, 0.2) is 72.9 Å². The summed E-state index contributed by atoms with van der Waals surface area (Å²) in [6, 6.07) is 0. The number of aliphatic hydroxyl groups is 7. The number of carbonyl (C=O) groups excluding carboxylic acids is 2. The molecule has 2 rings (SSSR count). The lowest BCUT2D eigenvalue weighted by atomic mass is 9.98. The van der Waals surface area contributed by atoms with Crippen LogP contribution in [0.2, 0.25) is 0 Å². The van der Waals surface area contributed by atoms with Gasteiger partial charge in [0, 0.05) is 12.8 Å². The van der Waals surface area contributed by atoms with Gasteiger partial charge in [-0.1, -0.05) is 151 Å². The summed E-state index contributed by atoms with van der Waals surface area (Å²) in [5.41, 5.74) is 0. The molecule has 15 nitrogen and oxygen atoms in total. The van der Waals surface area contributed by atoms with Crippen molar-refractivity contribution in [2.45, 2.75) is 235 Å². The zero-order valence-corrected chi connectivity index (χ0v) is 42.5. The Morgan fingerprint density at radius 3 is 1.41 bits per heavy atom. The normalized spacial score (nSPS) is 26.0. The molecule has 11 atom stereocenters. The first-order valence-corrected chi connectivity index (χ1v) is 26.5. The van der Waals surface area contributed by atoms with Crippen molar-refractivity contribution < 1.29 is 73.8 Å². The van der Waals surface area contributed by atoms with Gasteiger partial charge >= 0.3 is 11.9 Å². The number of carbonyl (C=O) groups is 2. The van der Waals surface area contributed by atoms with E-state index in [2.05, 4.69) is 86.8 Å². The van der Waals surface area contributed by atoms with Crippen molar-refractivity contribution in [1.29, 1.82) is 0 Å². The van der Waals surface area contributed by atoms with Gasteiger partial charge in [-0.3, -0.25) is 9.59 Å². The molecular weight excluding hydrogens is 901 g/mol. The molecule has 0 bridgehead atoms. The highest BCUT2D eigenvalue weighted by atomic mass is 16.7. The van der Waals surface area contributed by atoms with Crippen LogP contribution in [-0.2, 0) is 38.0 Å². The van der Waals surface area contributed by atoms with Crippen LogP contribution in [-0.4, -0.2) is 142 Å². The summed E-state index contributed by atoms with van der Waals surface area (Å²) in [5.74, 6) is -0.956. The Morgan fingerprint density at radius 2 is 0.900 bits per heavy atom. The quantitative estimate of drug-likeness (QED) is 0.0176. The molecule has 0 aromatic rings. The lowest BCUT2D eigenvalue weighted by Gasteiger charge is -2.42. The van der Waals surface area contributed by atoms with Crippen molar-refractivity contribution in [1.82, 2.24) is 0 Å². The summed E-state index contributed by atoms with van der Waals surface area (Å²) in [7, 11) is 0. The molecule has 0 radical (unpaired) electrons. The lowest BCUT2D eigenvalue weighted by molar-refractivity contribution is -0.332. The fraction of sp³-hybridized carbons (Fsp3) is 0.745. The highest BCUT2D eigenvalue weighted by molar-refractivity contribution is 5.70. The summed E-state index contributed by atoms with van der Waals surface area (Å²) >= 11 is 0. The molecule has 7 N–H and O–H groups in total. The third-order valence-corrected chi connectivity index (χ3v) is 12.1. The molecule has 11 unspecified atom stereocenters. The minimum atomic E-state index is -1.77. The fourth-order valence-corrected chi connectivity index (χ4v) is 7.83. The third kappa shape index (κ3) is 28.8. The Bertz CT molecular complexity index is 1490. The molecule has 2 heterocycles. The van der Waals surface area contributed by atoms with E-state index in [-0.39, 0.29) is 19.4 Å². The lowest BCUT2D eigenvalue weighted by Crippen LogP contribution is -2.61. The summed E-state index contributed by atoms with van der Waals surface area (Å²) in [5, 5.41) is 72.1. The van der Waals surface area contributed by atoms with Gasteiger partial charge in [-0.05, 0) is 77.0 Å². The van der Waals surface area contributed by atoms with Crippen LogP contribution >= 0.6 is 0 Å². The van der Waals surface area contributed by atoms with Crippen LogP contribution in [0.3, 0.4) is 0 Å². The Hall–Kier alpha value is -3.06. The van der Waals surface area contributed by atoms with Gasteiger partial charge in [-0.25, -0.2) is 0 Å². The van der Waals surface area contributed by atoms with Gasteiger partial charge in [0.05, 0.1) is 19.8 Å². The van der Waals surface area contributed by atoms with E-state index in [1.807, 2.05) is 0 Å². The molecular formula is C55H92O15. The Balaban J connectivity index is 1.79. The third-order valence-electron chi connectivity index (χ3n) is 12.1. The minimum absolute atomic E-state index is 0.149. The second-order valence-electron chi connectivity index (χ2n) is 18.3. The van der Waals surface area contributed by atoms with Crippen LogP contribution in [0, 0.1) is 0 Å². The molecule has 402 valence electrons. The van der Waals surface area contributed by atoms with Crippen LogP contribution in [0.1, 0.15) is 168 Å². The molecule has 2 aliphatic rings. The van der Waals surface area contributed by atoms with E-state index >= 15 is 0 Å². The first-order chi connectivity index (χ1) is 34.0. The predicted molar refractivity (Wildman–Crippen MR) is 270 cm³/mol. The van der Waals surface area contributed by atoms with Crippen molar-refractivity contribution in [3.05, 3.63) is 72.9 Å². The number of allylic oxidation sites excluding steroid dienone is 12. The maximum absolute atomic E-state index is 13.0. The Kier molecular flexibility index (Phi) is 37.3. The molecule has 0 amide bonds. The topological polar surface area (TPSA) is 231 Å². The molecule has 0 spiro atoms. The van der Waals surface area contributed by atoms with Gasteiger partial charge in [0.25, 0.3) is 0 Å². The summed E-state index contributed by atoms with van der Waals surface area (Å²) in [6.07, 6.45) is 32.1. The number of esters is 2. The monoisotopic (exact) mass is 993 g/mol. The van der Waals surface area contributed by atoms with E-state index in [0.717, 1.165) is 109 Å². The van der Waals surface area contributed by atoms with Gasteiger partial charge in [-0.2, -0.15) is 0 Å². The SMILES string of the molecule is CC/C=C\C/C=C\C/C=C\C/C=C\CCCCCCCCCCC(=O)OC(COC(=O)CCCCCCC/C=C\C/C=C\CCC)COC1OC(COC2OC(CO)C(O)C(O)C2O)C(O)C(O)C1O. The molecule has 2 fully saturated rings. The Morgan fingerprint density at radius 1 is 0.471 bits per heavy atom. The first kappa shape index (κ1) is 63.1. The number of ether oxygens (including phenoxy) is 6. The average Bonchev–Trinajstić information content (AvgIpc) is 3.35. The molecule has 15 heteroatoms. The van der Waals surface area contributed by atoms with Crippen molar-refractivity contribution >= 4 is 11.9 Å². The molecule has 2 aliphatic heterocycles. The number of unbranched alkanes of at least 4 members (excludes halogenated alkanes) is 14. The summed E-state index contributed by atoms with van der Waals surface area (Å²) < 4.78 is 33.6. The van der Waals surface area contributed by atoms with Gasteiger partial charge in [0.2, 0.25) is 0 Å². The summed E-state index contributed by atoms with van der Waals surface area (Å²) in [6.45, 7) is 2.38. The number of hydrogen-bond acceptors (Lipinski definition) is 15. The van der Waals surface area contributed by atoms with Gasteiger partial charge in [0.1, 0.15) is 55.4 Å². The van der Waals surface area contributed by atoms with Crippen molar-refractivity contribution in [2.24, 2.45) is 0 Å². The maximum Gasteiger partial charge on any atom is 0.306 e. The van der Waals surface area contributed by atoms with Crippen molar-refractivity contribution in [3.8, 4) is 0 Å². The smallest absolute Gasteiger partial charge is 0.306 e. The van der Waals surface area contributed by atoms with E-state index in [1.54, 1.807) is 0 Å². The van der Waals surface area contributed by atoms with Crippen molar-refractivity contribution in [3.63, 3.8) is 0 Å². The summed E-state index contributed by atoms with van der Waals surface area (Å²) in [4.78, 5) is 25.8. The van der Waals surface area contributed by atoms with Crippen molar-refractivity contribution in [2.75, 3.05) is 26.4 Å². The molecule has 2 saturated heterocycles.